The molecule has 1 aromatic heterocycles. The van der Waals surface area contributed by atoms with Crippen molar-refractivity contribution in [2.24, 2.45) is 5.73 Å². The van der Waals surface area contributed by atoms with Gasteiger partial charge in [0, 0.05) is 11.3 Å². The van der Waals surface area contributed by atoms with Crippen molar-refractivity contribution >= 4 is 17.2 Å². The Kier molecular flexibility index (Phi) is 4.12. The van der Waals surface area contributed by atoms with Gasteiger partial charge in [-0.2, -0.15) is 0 Å². The van der Waals surface area contributed by atoms with Crippen LogP contribution < -0.4 is 10.5 Å². The van der Waals surface area contributed by atoms with Crippen LogP contribution in [0.25, 0.3) is 0 Å². The molecule has 0 spiro atoms. The van der Waals surface area contributed by atoms with E-state index in [0.29, 0.717) is 11.6 Å². The summed E-state index contributed by atoms with van der Waals surface area (Å²) in [4.78, 5) is 4.77. The van der Waals surface area contributed by atoms with Gasteiger partial charge in [-0.05, 0) is 37.6 Å². The van der Waals surface area contributed by atoms with E-state index >= 15 is 0 Å². The van der Waals surface area contributed by atoms with Crippen LogP contribution in [-0.2, 0) is 6.61 Å². The average molecular weight is 272 g/mol. The van der Waals surface area contributed by atoms with E-state index in [9.17, 15) is 0 Å². The van der Waals surface area contributed by atoms with E-state index in [2.05, 4.69) is 4.98 Å². The second-order valence-corrected chi connectivity index (χ2v) is 4.84. The number of hydrogen-bond donors (Lipinski definition) is 1. The quantitative estimate of drug-likeness (QED) is 0.869. The molecule has 0 amide bonds. The fourth-order valence-corrected chi connectivity index (χ4v) is 1.87. The summed E-state index contributed by atoms with van der Waals surface area (Å²) in [5, 5.41) is 0. The third-order valence-electron chi connectivity index (χ3n) is 2.79. The summed E-state index contributed by atoms with van der Waals surface area (Å²) in [6.45, 7) is 4.38. The van der Waals surface area contributed by atoms with E-state index in [1.807, 2.05) is 50.2 Å². The fourth-order valence-electron chi connectivity index (χ4n) is 1.74. The predicted octanol–water partition coefficient (Wildman–Crippen LogP) is 2.91. The number of nitrogens with zero attached hydrogens (tertiary/aromatic N) is 1. The molecule has 0 bridgehead atoms. The second kappa shape index (κ2) is 5.80. The first-order chi connectivity index (χ1) is 9.06. The number of ether oxygens (including phenoxy) is 1. The van der Waals surface area contributed by atoms with Gasteiger partial charge in [0.1, 0.15) is 17.3 Å². The topological polar surface area (TPSA) is 48.1 Å². The molecule has 0 radical (unpaired) electrons. The SMILES string of the molecule is Cc1cccc(COc2cc(C(N)=S)ccc2C)n1. The highest BCUT2D eigenvalue weighted by Gasteiger charge is 2.04. The normalized spacial score (nSPS) is 10.2. The lowest BCUT2D eigenvalue weighted by Crippen LogP contribution is -2.10. The van der Waals surface area contributed by atoms with Gasteiger partial charge in [-0.15, -0.1) is 0 Å². The molecular formula is C15H16N2OS. The van der Waals surface area contributed by atoms with Gasteiger partial charge in [0.05, 0.1) is 5.69 Å². The molecule has 0 aliphatic carbocycles. The third kappa shape index (κ3) is 3.51. The monoisotopic (exact) mass is 272 g/mol. The van der Waals surface area contributed by atoms with Gasteiger partial charge in [-0.25, -0.2) is 0 Å². The molecular weight excluding hydrogens is 256 g/mol. The van der Waals surface area contributed by atoms with Crippen LogP contribution in [0.2, 0.25) is 0 Å². The first-order valence-electron chi connectivity index (χ1n) is 6.02. The molecule has 98 valence electrons. The summed E-state index contributed by atoms with van der Waals surface area (Å²) in [5.41, 5.74) is 9.37. The molecule has 0 atom stereocenters. The molecule has 4 heteroatoms. The largest absolute Gasteiger partial charge is 0.487 e. The Morgan fingerprint density at radius 3 is 2.74 bits per heavy atom. The predicted molar refractivity (Wildman–Crippen MR) is 80.4 cm³/mol. The van der Waals surface area contributed by atoms with Crippen LogP contribution in [0.4, 0.5) is 0 Å². The van der Waals surface area contributed by atoms with Crippen molar-refractivity contribution in [1.29, 1.82) is 0 Å². The number of thiocarbonyl (C=S) groups is 1. The van der Waals surface area contributed by atoms with Crippen LogP contribution in [0.15, 0.2) is 36.4 Å². The number of pyridine rings is 1. The van der Waals surface area contributed by atoms with Crippen LogP contribution in [0, 0.1) is 13.8 Å². The Morgan fingerprint density at radius 1 is 1.26 bits per heavy atom. The molecule has 2 N–H and O–H groups in total. The Bertz CT molecular complexity index is 611. The third-order valence-corrected chi connectivity index (χ3v) is 3.03. The molecule has 0 saturated heterocycles. The number of benzene rings is 1. The highest BCUT2D eigenvalue weighted by Crippen LogP contribution is 2.20. The van der Waals surface area contributed by atoms with Crippen molar-refractivity contribution in [3.63, 3.8) is 0 Å². The van der Waals surface area contributed by atoms with E-state index in [4.69, 9.17) is 22.7 Å². The zero-order chi connectivity index (χ0) is 13.8. The first-order valence-corrected chi connectivity index (χ1v) is 6.43. The van der Waals surface area contributed by atoms with Gasteiger partial charge in [0.15, 0.2) is 0 Å². The summed E-state index contributed by atoms with van der Waals surface area (Å²) < 4.78 is 5.79. The Morgan fingerprint density at radius 2 is 2.05 bits per heavy atom. The molecule has 0 unspecified atom stereocenters. The molecule has 3 nitrogen and oxygen atoms in total. The van der Waals surface area contributed by atoms with E-state index in [-0.39, 0.29) is 0 Å². The number of aromatic nitrogens is 1. The highest BCUT2D eigenvalue weighted by molar-refractivity contribution is 7.80. The van der Waals surface area contributed by atoms with Crippen molar-refractivity contribution in [2.45, 2.75) is 20.5 Å². The number of hydrogen-bond acceptors (Lipinski definition) is 3. The molecule has 1 aromatic carbocycles. The minimum Gasteiger partial charge on any atom is -0.487 e. The van der Waals surface area contributed by atoms with Crippen LogP contribution >= 0.6 is 12.2 Å². The second-order valence-electron chi connectivity index (χ2n) is 4.40. The minimum atomic E-state index is 0.374. The lowest BCUT2D eigenvalue weighted by molar-refractivity contribution is 0.299. The average Bonchev–Trinajstić information content (AvgIpc) is 2.37. The van der Waals surface area contributed by atoms with E-state index in [1.165, 1.54) is 0 Å². The van der Waals surface area contributed by atoms with Gasteiger partial charge in [-0.1, -0.05) is 30.4 Å². The van der Waals surface area contributed by atoms with E-state index in [0.717, 1.165) is 28.3 Å². The molecule has 0 saturated carbocycles. The summed E-state index contributed by atoms with van der Waals surface area (Å²) in [6, 6.07) is 11.6. The highest BCUT2D eigenvalue weighted by atomic mass is 32.1. The lowest BCUT2D eigenvalue weighted by Gasteiger charge is -2.10. The lowest BCUT2D eigenvalue weighted by atomic mass is 10.1. The molecule has 2 aromatic rings. The number of aryl methyl sites for hydroxylation is 2. The van der Waals surface area contributed by atoms with Crippen LogP contribution in [0.1, 0.15) is 22.5 Å². The van der Waals surface area contributed by atoms with Crippen LogP contribution in [-0.4, -0.2) is 9.97 Å². The van der Waals surface area contributed by atoms with Crippen molar-refractivity contribution in [1.82, 2.24) is 4.98 Å². The maximum Gasteiger partial charge on any atom is 0.130 e. The molecule has 19 heavy (non-hydrogen) atoms. The van der Waals surface area contributed by atoms with Gasteiger partial charge in [-0.3, -0.25) is 4.98 Å². The van der Waals surface area contributed by atoms with Crippen molar-refractivity contribution in [3.8, 4) is 5.75 Å². The van der Waals surface area contributed by atoms with Gasteiger partial charge < -0.3 is 10.5 Å². The summed E-state index contributed by atoms with van der Waals surface area (Å²) in [5.74, 6) is 0.786. The smallest absolute Gasteiger partial charge is 0.130 e. The molecule has 0 aliphatic heterocycles. The van der Waals surface area contributed by atoms with Crippen molar-refractivity contribution in [2.75, 3.05) is 0 Å². The van der Waals surface area contributed by atoms with E-state index < -0.39 is 0 Å². The summed E-state index contributed by atoms with van der Waals surface area (Å²) in [6.07, 6.45) is 0. The molecule has 0 fully saturated rings. The van der Waals surface area contributed by atoms with Crippen LogP contribution in [0.3, 0.4) is 0 Å². The molecule has 2 rings (SSSR count). The number of nitrogens with two attached hydrogens (primary N) is 1. The Balaban J connectivity index is 2.15. The van der Waals surface area contributed by atoms with Crippen LogP contribution in [0.5, 0.6) is 5.75 Å². The minimum absolute atomic E-state index is 0.374. The zero-order valence-electron chi connectivity index (χ0n) is 11.0. The van der Waals surface area contributed by atoms with Gasteiger partial charge in [0.25, 0.3) is 0 Å². The van der Waals surface area contributed by atoms with E-state index in [1.54, 1.807) is 0 Å². The first kappa shape index (κ1) is 13.5. The van der Waals surface area contributed by atoms with Gasteiger partial charge in [0.2, 0.25) is 0 Å². The molecule has 1 heterocycles. The Labute approximate surface area is 118 Å². The van der Waals surface area contributed by atoms with Crippen molar-refractivity contribution in [3.05, 3.63) is 58.9 Å². The zero-order valence-corrected chi connectivity index (χ0v) is 11.8. The fraction of sp³-hybridized carbons (Fsp3) is 0.200. The number of rotatable bonds is 4. The standard InChI is InChI=1S/C15H16N2OS/c1-10-6-7-12(15(16)19)8-14(10)18-9-13-5-3-4-11(2)17-13/h3-8H,9H2,1-2H3,(H2,16,19). The maximum absolute atomic E-state index is 5.79. The molecule has 0 aliphatic rings. The summed E-state index contributed by atoms with van der Waals surface area (Å²) in [7, 11) is 0. The maximum atomic E-state index is 5.79. The summed E-state index contributed by atoms with van der Waals surface area (Å²) >= 11 is 4.97. The Hall–Kier alpha value is -1.94. The van der Waals surface area contributed by atoms with Gasteiger partial charge >= 0.3 is 0 Å². The van der Waals surface area contributed by atoms with Crippen molar-refractivity contribution < 1.29 is 4.74 Å².